The van der Waals surface area contributed by atoms with Crippen LogP contribution in [-0.4, -0.2) is 50.5 Å². The first-order valence-electron chi connectivity index (χ1n) is 10.1. The topological polar surface area (TPSA) is 86.8 Å². The number of amides is 2. The van der Waals surface area contributed by atoms with Gasteiger partial charge in [0.2, 0.25) is 21.8 Å². The summed E-state index contributed by atoms with van der Waals surface area (Å²) in [4.78, 5) is 27.4. The summed E-state index contributed by atoms with van der Waals surface area (Å²) >= 11 is 9.29. The van der Waals surface area contributed by atoms with Crippen LogP contribution in [0.25, 0.3) is 0 Å². The summed E-state index contributed by atoms with van der Waals surface area (Å²) in [6, 6.07) is 12.8. The SMILES string of the molecule is CCCNC(=O)[C@H](C)N(Cc1ccc(Cl)cc1)C(=O)CN(c1cccc(Br)c1)S(C)(=O)=O. The summed E-state index contributed by atoms with van der Waals surface area (Å²) in [7, 11) is -3.75. The molecule has 2 rings (SSSR count). The fourth-order valence-electron chi connectivity index (χ4n) is 3.01. The number of benzene rings is 2. The molecule has 0 bridgehead atoms. The molecule has 0 radical (unpaired) electrons. The molecule has 0 unspecified atom stereocenters. The zero-order valence-corrected chi connectivity index (χ0v) is 21.4. The minimum absolute atomic E-state index is 0.132. The van der Waals surface area contributed by atoms with Crippen LogP contribution in [0.4, 0.5) is 5.69 Å². The van der Waals surface area contributed by atoms with Gasteiger partial charge in [-0.25, -0.2) is 8.42 Å². The number of sulfonamides is 1. The first-order valence-corrected chi connectivity index (χ1v) is 13.1. The van der Waals surface area contributed by atoms with Gasteiger partial charge in [0, 0.05) is 22.6 Å². The molecule has 10 heteroatoms. The summed E-state index contributed by atoms with van der Waals surface area (Å²) in [6.07, 6.45) is 1.80. The molecule has 0 aliphatic rings. The zero-order valence-electron chi connectivity index (χ0n) is 18.2. The van der Waals surface area contributed by atoms with Crippen LogP contribution in [0.5, 0.6) is 0 Å². The van der Waals surface area contributed by atoms with Crippen molar-refractivity contribution in [1.29, 1.82) is 0 Å². The van der Waals surface area contributed by atoms with Crippen LogP contribution in [0.3, 0.4) is 0 Å². The van der Waals surface area contributed by atoms with Gasteiger partial charge in [0.25, 0.3) is 0 Å². The molecule has 7 nitrogen and oxygen atoms in total. The maximum Gasteiger partial charge on any atom is 0.244 e. The van der Waals surface area contributed by atoms with E-state index in [-0.39, 0.29) is 12.5 Å². The Balaban J connectivity index is 2.35. The normalized spacial score (nSPS) is 12.2. The lowest BCUT2D eigenvalue weighted by Gasteiger charge is -2.31. The van der Waals surface area contributed by atoms with Gasteiger partial charge in [0.05, 0.1) is 11.9 Å². The van der Waals surface area contributed by atoms with E-state index >= 15 is 0 Å². The smallest absolute Gasteiger partial charge is 0.244 e. The monoisotopic (exact) mass is 543 g/mol. The molecule has 32 heavy (non-hydrogen) atoms. The van der Waals surface area contributed by atoms with Crippen molar-refractivity contribution in [3.63, 3.8) is 0 Å². The fourth-order valence-corrected chi connectivity index (χ4v) is 4.36. The zero-order chi connectivity index (χ0) is 23.9. The number of rotatable bonds is 10. The molecular formula is C22H27BrClN3O4S. The van der Waals surface area contributed by atoms with Crippen LogP contribution in [0.15, 0.2) is 53.0 Å². The number of carbonyl (C=O) groups excluding carboxylic acids is 2. The van der Waals surface area contributed by atoms with Crippen molar-refractivity contribution in [2.24, 2.45) is 0 Å². The van der Waals surface area contributed by atoms with E-state index < -0.39 is 28.5 Å². The molecule has 0 aliphatic heterocycles. The largest absolute Gasteiger partial charge is 0.354 e. The van der Waals surface area contributed by atoms with Crippen molar-refractivity contribution < 1.29 is 18.0 Å². The number of halogens is 2. The third-order valence-electron chi connectivity index (χ3n) is 4.76. The highest BCUT2D eigenvalue weighted by molar-refractivity contribution is 9.10. The molecule has 1 atom stereocenters. The molecule has 0 heterocycles. The van der Waals surface area contributed by atoms with E-state index in [0.717, 1.165) is 22.5 Å². The molecule has 2 aromatic rings. The van der Waals surface area contributed by atoms with Crippen molar-refractivity contribution in [2.45, 2.75) is 32.9 Å². The standard InChI is InChI=1S/C22H27BrClN3O4S/c1-4-12-25-22(29)16(2)26(14-17-8-10-19(24)11-9-17)21(28)15-27(32(3,30)31)20-7-5-6-18(23)13-20/h5-11,13,16H,4,12,14-15H2,1-3H3,(H,25,29)/t16-/m0/s1. The van der Waals surface area contributed by atoms with Crippen LogP contribution < -0.4 is 9.62 Å². The second-order valence-corrected chi connectivity index (χ2v) is 10.6. The summed E-state index contributed by atoms with van der Waals surface area (Å²) in [5.41, 5.74) is 1.12. The van der Waals surface area contributed by atoms with Crippen LogP contribution >= 0.6 is 27.5 Å². The van der Waals surface area contributed by atoms with Gasteiger partial charge in [-0.15, -0.1) is 0 Å². The summed E-state index contributed by atoms with van der Waals surface area (Å²) in [5.74, 6) is -0.799. The van der Waals surface area contributed by atoms with Crippen molar-refractivity contribution in [3.8, 4) is 0 Å². The lowest BCUT2D eigenvalue weighted by atomic mass is 10.1. The molecule has 0 fully saturated rings. The van der Waals surface area contributed by atoms with Gasteiger partial charge in [-0.1, -0.05) is 52.7 Å². The highest BCUT2D eigenvalue weighted by Gasteiger charge is 2.30. The lowest BCUT2D eigenvalue weighted by molar-refractivity contribution is -0.139. The van der Waals surface area contributed by atoms with Gasteiger partial charge in [0.1, 0.15) is 12.6 Å². The van der Waals surface area contributed by atoms with Crippen molar-refractivity contribution in [2.75, 3.05) is 23.7 Å². The predicted octanol–water partition coefficient (Wildman–Crippen LogP) is 3.81. The van der Waals surface area contributed by atoms with Gasteiger partial charge in [-0.3, -0.25) is 13.9 Å². The maximum absolute atomic E-state index is 13.4. The van der Waals surface area contributed by atoms with Crippen molar-refractivity contribution >= 4 is 55.1 Å². The molecular weight excluding hydrogens is 518 g/mol. The quantitative estimate of drug-likeness (QED) is 0.493. The Bertz CT molecular complexity index is 1050. The Morgan fingerprint density at radius 3 is 2.38 bits per heavy atom. The number of anilines is 1. The molecule has 2 amide bonds. The molecule has 0 saturated heterocycles. The third-order valence-corrected chi connectivity index (χ3v) is 6.64. The third kappa shape index (κ3) is 7.50. The molecule has 0 spiro atoms. The Morgan fingerprint density at radius 2 is 1.81 bits per heavy atom. The highest BCUT2D eigenvalue weighted by Crippen LogP contribution is 2.23. The number of carbonyl (C=O) groups is 2. The summed E-state index contributed by atoms with van der Waals surface area (Å²) in [6.45, 7) is 3.74. The lowest BCUT2D eigenvalue weighted by Crippen LogP contribution is -2.51. The predicted molar refractivity (Wildman–Crippen MR) is 131 cm³/mol. The maximum atomic E-state index is 13.4. The van der Waals surface area contributed by atoms with E-state index in [1.807, 2.05) is 6.92 Å². The molecule has 2 aromatic carbocycles. The number of nitrogens with one attached hydrogen (secondary N) is 1. The molecule has 0 saturated carbocycles. The Kier molecular flexibility index (Phi) is 9.54. The van der Waals surface area contributed by atoms with Crippen molar-refractivity contribution in [1.82, 2.24) is 10.2 Å². The van der Waals surface area contributed by atoms with Gasteiger partial charge < -0.3 is 10.2 Å². The van der Waals surface area contributed by atoms with E-state index in [9.17, 15) is 18.0 Å². The van der Waals surface area contributed by atoms with Gasteiger partial charge in [0.15, 0.2) is 0 Å². The summed E-state index contributed by atoms with van der Waals surface area (Å²) in [5, 5.41) is 3.35. The van der Waals surface area contributed by atoms with Gasteiger partial charge >= 0.3 is 0 Å². The minimum atomic E-state index is -3.75. The van der Waals surface area contributed by atoms with Crippen molar-refractivity contribution in [3.05, 3.63) is 63.6 Å². The Labute approximate surface area is 202 Å². The minimum Gasteiger partial charge on any atom is -0.354 e. The van der Waals surface area contributed by atoms with Crippen LogP contribution in [0.1, 0.15) is 25.8 Å². The first kappa shape index (κ1) is 26.2. The average molecular weight is 545 g/mol. The molecule has 1 N–H and O–H groups in total. The van der Waals surface area contributed by atoms with E-state index in [1.165, 1.54) is 4.90 Å². The number of hydrogen-bond donors (Lipinski definition) is 1. The molecule has 174 valence electrons. The van der Waals surface area contributed by atoms with Gasteiger partial charge in [-0.2, -0.15) is 0 Å². The average Bonchev–Trinajstić information content (AvgIpc) is 2.73. The fraction of sp³-hybridized carbons (Fsp3) is 0.364. The number of nitrogens with zero attached hydrogens (tertiary/aromatic N) is 2. The van der Waals surface area contributed by atoms with Gasteiger partial charge in [-0.05, 0) is 49.2 Å². The van der Waals surface area contributed by atoms with E-state index in [0.29, 0.717) is 21.7 Å². The Hall–Kier alpha value is -2.10. The van der Waals surface area contributed by atoms with E-state index in [2.05, 4.69) is 21.2 Å². The summed E-state index contributed by atoms with van der Waals surface area (Å²) < 4.78 is 26.7. The van der Waals surface area contributed by atoms with E-state index in [1.54, 1.807) is 55.5 Å². The Morgan fingerprint density at radius 1 is 1.16 bits per heavy atom. The second kappa shape index (κ2) is 11.7. The van der Waals surface area contributed by atoms with Crippen LogP contribution in [0, 0.1) is 0 Å². The van der Waals surface area contributed by atoms with E-state index in [4.69, 9.17) is 11.6 Å². The molecule has 0 aromatic heterocycles. The highest BCUT2D eigenvalue weighted by atomic mass is 79.9. The van der Waals surface area contributed by atoms with Crippen LogP contribution in [0.2, 0.25) is 5.02 Å². The first-order chi connectivity index (χ1) is 15.0. The molecule has 0 aliphatic carbocycles. The second-order valence-electron chi connectivity index (χ2n) is 7.36. The number of hydrogen-bond acceptors (Lipinski definition) is 4. The van der Waals surface area contributed by atoms with Crippen LogP contribution in [-0.2, 0) is 26.2 Å².